The van der Waals surface area contributed by atoms with E-state index >= 15 is 0 Å². The van der Waals surface area contributed by atoms with Crippen LogP contribution < -0.4 is 11.1 Å². The summed E-state index contributed by atoms with van der Waals surface area (Å²) in [5.41, 5.74) is 7.58. The van der Waals surface area contributed by atoms with Gasteiger partial charge in [0.1, 0.15) is 0 Å². The van der Waals surface area contributed by atoms with Crippen molar-refractivity contribution in [1.82, 2.24) is 5.32 Å². The maximum atomic E-state index is 12.3. The van der Waals surface area contributed by atoms with Crippen molar-refractivity contribution in [2.45, 2.75) is 39.7 Å². The fraction of sp³-hybridized carbons (Fsp3) is 0.438. The Balaban J connectivity index is 3.09. The topological polar surface area (TPSA) is 55.1 Å². The van der Waals surface area contributed by atoms with Gasteiger partial charge >= 0.3 is 0 Å². The van der Waals surface area contributed by atoms with Gasteiger partial charge < -0.3 is 11.1 Å². The second kappa shape index (κ2) is 6.40. The van der Waals surface area contributed by atoms with Crippen molar-refractivity contribution in [3.05, 3.63) is 34.9 Å². The molecule has 0 heterocycles. The zero-order chi connectivity index (χ0) is 14.5. The number of nitrogens with two attached hydrogens (primary N) is 1. The fourth-order valence-corrected chi connectivity index (χ4v) is 1.57. The Kier molecular flexibility index (Phi) is 5.14. The average molecular weight is 258 g/mol. The first-order valence-electron chi connectivity index (χ1n) is 6.51. The third kappa shape index (κ3) is 4.42. The number of amides is 1. The molecule has 0 radical (unpaired) electrons. The highest BCUT2D eigenvalue weighted by molar-refractivity contribution is 5.97. The Morgan fingerprint density at radius 1 is 1.42 bits per heavy atom. The maximum absolute atomic E-state index is 12.3. The predicted molar refractivity (Wildman–Crippen MR) is 78.9 cm³/mol. The Hall–Kier alpha value is -1.79. The second-order valence-electron chi connectivity index (χ2n) is 5.25. The van der Waals surface area contributed by atoms with E-state index in [4.69, 9.17) is 5.73 Å². The summed E-state index contributed by atoms with van der Waals surface area (Å²) in [7, 11) is 0. The molecule has 0 saturated carbocycles. The number of aryl methyl sites for hydroxylation is 1. The van der Waals surface area contributed by atoms with Crippen LogP contribution in [-0.4, -0.2) is 18.0 Å². The first-order chi connectivity index (χ1) is 8.89. The van der Waals surface area contributed by atoms with Crippen LogP contribution in [0.25, 0.3) is 0 Å². The SMILES string of the molecule is CCC(C)(C)NC(=O)c1ccc(C)cc1C#CCN. The van der Waals surface area contributed by atoms with Crippen molar-refractivity contribution >= 4 is 5.91 Å². The van der Waals surface area contributed by atoms with Crippen LogP contribution in [0.3, 0.4) is 0 Å². The zero-order valence-corrected chi connectivity index (χ0v) is 12.1. The van der Waals surface area contributed by atoms with E-state index in [0.29, 0.717) is 5.56 Å². The summed E-state index contributed by atoms with van der Waals surface area (Å²) < 4.78 is 0. The summed E-state index contributed by atoms with van der Waals surface area (Å²) in [5, 5.41) is 3.02. The van der Waals surface area contributed by atoms with Gasteiger partial charge in [0.25, 0.3) is 5.91 Å². The predicted octanol–water partition coefficient (Wildman–Crippen LogP) is 2.22. The van der Waals surface area contributed by atoms with Gasteiger partial charge in [-0.2, -0.15) is 0 Å². The van der Waals surface area contributed by atoms with E-state index in [9.17, 15) is 4.79 Å². The van der Waals surface area contributed by atoms with Crippen LogP contribution in [0, 0.1) is 18.8 Å². The van der Waals surface area contributed by atoms with Crippen LogP contribution in [0.2, 0.25) is 0 Å². The van der Waals surface area contributed by atoms with Crippen molar-refractivity contribution in [1.29, 1.82) is 0 Å². The number of hydrogen-bond acceptors (Lipinski definition) is 2. The molecule has 3 heteroatoms. The van der Waals surface area contributed by atoms with Crippen LogP contribution in [0.15, 0.2) is 18.2 Å². The minimum absolute atomic E-state index is 0.0897. The van der Waals surface area contributed by atoms with Gasteiger partial charge in [-0.3, -0.25) is 4.79 Å². The summed E-state index contributed by atoms with van der Waals surface area (Å²) in [6.07, 6.45) is 0.869. The van der Waals surface area contributed by atoms with Gasteiger partial charge in [0, 0.05) is 11.1 Å². The van der Waals surface area contributed by atoms with Crippen molar-refractivity contribution in [2.24, 2.45) is 5.73 Å². The van der Waals surface area contributed by atoms with Crippen LogP contribution in [0.5, 0.6) is 0 Å². The maximum Gasteiger partial charge on any atom is 0.252 e. The highest BCUT2D eigenvalue weighted by atomic mass is 16.1. The van der Waals surface area contributed by atoms with Crippen LogP contribution in [-0.2, 0) is 0 Å². The Labute approximate surface area is 115 Å². The molecule has 0 unspecified atom stereocenters. The van der Waals surface area contributed by atoms with Crippen LogP contribution in [0.1, 0.15) is 48.7 Å². The lowest BCUT2D eigenvalue weighted by atomic mass is 9.99. The van der Waals surface area contributed by atoms with E-state index in [1.54, 1.807) is 0 Å². The zero-order valence-electron chi connectivity index (χ0n) is 12.1. The van der Waals surface area contributed by atoms with Crippen molar-refractivity contribution in [2.75, 3.05) is 6.54 Å². The van der Waals surface area contributed by atoms with Gasteiger partial charge in [0.05, 0.1) is 12.1 Å². The number of benzene rings is 1. The van der Waals surface area contributed by atoms with Crippen molar-refractivity contribution < 1.29 is 4.79 Å². The molecule has 0 aliphatic carbocycles. The van der Waals surface area contributed by atoms with Crippen LogP contribution in [0.4, 0.5) is 0 Å². The molecule has 0 atom stereocenters. The Morgan fingerprint density at radius 2 is 2.11 bits per heavy atom. The lowest BCUT2D eigenvalue weighted by Gasteiger charge is -2.24. The molecule has 0 spiro atoms. The van der Waals surface area contributed by atoms with Gasteiger partial charge in [-0.1, -0.05) is 24.8 Å². The summed E-state index contributed by atoms with van der Waals surface area (Å²) >= 11 is 0. The minimum Gasteiger partial charge on any atom is -0.347 e. The van der Waals surface area contributed by atoms with E-state index in [2.05, 4.69) is 17.2 Å². The number of carbonyl (C=O) groups is 1. The quantitative estimate of drug-likeness (QED) is 0.817. The van der Waals surface area contributed by atoms with Crippen LogP contribution >= 0.6 is 0 Å². The molecule has 19 heavy (non-hydrogen) atoms. The molecule has 0 bridgehead atoms. The third-order valence-corrected chi connectivity index (χ3v) is 3.08. The second-order valence-corrected chi connectivity index (χ2v) is 5.25. The van der Waals surface area contributed by atoms with E-state index in [-0.39, 0.29) is 18.0 Å². The number of nitrogens with one attached hydrogen (secondary N) is 1. The normalized spacial score (nSPS) is 10.6. The standard InChI is InChI=1S/C16H22N2O/c1-5-16(3,4)18-15(19)14-9-8-12(2)11-13(14)7-6-10-17/h8-9,11H,5,10,17H2,1-4H3,(H,18,19). The summed E-state index contributed by atoms with van der Waals surface area (Å²) in [6, 6.07) is 5.65. The molecule has 3 N–H and O–H groups in total. The van der Waals surface area contributed by atoms with Crippen molar-refractivity contribution in [3.63, 3.8) is 0 Å². The molecular weight excluding hydrogens is 236 g/mol. The molecule has 1 aromatic rings. The molecule has 1 aromatic carbocycles. The first-order valence-corrected chi connectivity index (χ1v) is 6.51. The lowest BCUT2D eigenvalue weighted by molar-refractivity contribution is 0.0911. The monoisotopic (exact) mass is 258 g/mol. The molecule has 0 saturated heterocycles. The molecule has 3 nitrogen and oxygen atoms in total. The van der Waals surface area contributed by atoms with Gasteiger partial charge in [-0.05, 0) is 44.9 Å². The average Bonchev–Trinajstić information content (AvgIpc) is 2.35. The smallest absolute Gasteiger partial charge is 0.252 e. The van der Waals surface area contributed by atoms with Gasteiger partial charge in [-0.15, -0.1) is 0 Å². The molecule has 0 fully saturated rings. The third-order valence-electron chi connectivity index (χ3n) is 3.08. The number of carbonyl (C=O) groups excluding carboxylic acids is 1. The Morgan fingerprint density at radius 3 is 2.68 bits per heavy atom. The number of hydrogen-bond donors (Lipinski definition) is 2. The largest absolute Gasteiger partial charge is 0.347 e. The molecule has 1 rings (SSSR count). The van der Waals surface area contributed by atoms with Crippen molar-refractivity contribution in [3.8, 4) is 11.8 Å². The van der Waals surface area contributed by atoms with E-state index in [1.165, 1.54) is 0 Å². The summed E-state index contributed by atoms with van der Waals surface area (Å²) in [5.74, 6) is 5.67. The molecular formula is C16H22N2O. The summed E-state index contributed by atoms with van der Waals surface area (Å²) in [6.45, 7) is 8.32. The van der Waals surface area contributed by atoms with Gasteiger partial charge in [-0.25, -0.2) is 0 Å². The number of rotatable bonds is 3. The lowest BCUT2D eigenvalue weighted by Crippen LogP contribution is -2.43. The molecule has 0 aromatic heterocycles. The van der Waals surface area contributed by atoms with E-state index in [0.717, 1.165) is 17.5 Å². The molecule has 0 aliphatic heterocycles. The fourth-order valence-electron chi connectivity index (χ4n) is 1.57. The molecule has 1 amide bonds. The van der Waals surface area contributed by atoms with Gasteiger partial charge in [0.2, 0.25) is 0 Å². The molecule has 102 valence electrons. The highest BCUT2D eigenvalue weighted by Crippen LogP contribution is 2.14. The first kappa shape index (κ1) is 15.3. The molecule has 0 aliphatic rings. The van der Waals surface area contributed by atoms with E-state index in [1.807, 2.05) is 45.9 Å². The van der Waals surface area contributed by atoms with Gasteiger partial charge in [0.15, 0.2) is 0 Å². The Bertz CT molecular complexity index is 521. The minimum atomic E-state index is -0.222. The highest BCUT2D eigenvalue weighted by Gasteiger charge is 2.20. The van der Waals surface area contributed by atoms with E-state index < -0.39 is 0 Å². The summed E-state index contributed by atoms with van der Waals surface area (Å²) in [4.78, 5) is 12.3.